The summed E-state index contributed by atoms with van der Waals surface area (Å²) in [4.78, 5) is 34.3. The fourth-order valence-electron chi connectivity index (χ4n) is 5.56. The summed E-state index contributed by atoms with van der Waals surface area (Å²) in [6, 6.07) is 2.29. The van der Waals surface area contributed by atoms with Crippen LogP contribution >= 0.6 is 0 Å². The largest absolute Gasteiger partial charge is 0.354 e. The van der Waals surface area contributed by atoms with Crippen molar-refractivity contribution in [1.82, 2.24) is 9.88 Å². The van der Waals surface area contributed by atoms with Crippen molar-refractivity contribution in [1.29, 1.82) is 0 Å². The molecule has 1 N–H and O–H groups in total. The molecule has 0 aliphatic heterocycles. The Labute approximate surface area is 145 Å². The number of aromatic nitrogens is 1. The van der Waals surface area contributed by atoms with Gasteiger partial charge in [0, 0.05) is 18.7 Å². The number of hydrogen-bond acceptors (Lipinski definition) is 4. The van der Waals surface area contributed by atoms with Crippen molar-refractivity contribution >= 4 is 11.6 Å². The maximum atomic E-state index is 12.2. The number of carbonyl (C=O) groups excluding carboxylic acids is 1. The lowest BCUT2D eigenvalue weighted by atomic mass is 9.52. The Bertz CT molecular complexity index is 729. The van der Waals surface area contributed by atoms with Crippen LogP contribution in [0.25, 0.3) is 0 Å². The Morgan fingerprint density at radius 2 is 1.80 bits per heavy atom. The summed E-state index contributed by atoms with van der Waals surface area (Å²) < 4.78 is 1.10. The molecule has 1 heterocycles. The quantitative estimate of drug-likeness (QED) is 0.652. The normalized spacial score (nSPS) is 32.6. The monoisotopic (exact) mass is 345 g/mol. The van der Waals surface area contributed by atoms with Crippen molar-refractivity contribution in [2.45, 2.75) is 38.6 Å². The molecule has 0 saturated heterocycles. The van der Waals surface area contributed by atoms with E-state index in [0.29, 0.717) is 12.5 Å². The molecular formula is C18H23N3O4. The molecule has 5 rings (SSSR count). The third-order valence-corrected chi connectivity index (χ3v) is 6.45. The van der Waals surface area contributed by atoms with Crippen LogP contribution in [0.15, 0.2) is 23.1 Å². The fraction of sp³-hybridized carbons (Fsp3) is 0.667. The highest BCUT2D eigenvalue weighted by atomic mass is 16.6. The highest BCUT2D eigenvalue weighted by molar-refractivity contribution is 5.75. The summed E-state index contributed by atoms with van der Waals surface area (Å²) in [5.74, 6) is 3.57. The summed E-state index contributed by atoms with van der Waals surface area (Å²) in [5, 5.41) is 13.8. The Morgan fingerprint density at radius 3 is 2.40 bits per heavy atom. The maximum absolute atomic E-state index is 12.2. The molecule has 1 amide bonds. The van der Waals surface area contributed by atoms with Crippen molar-refractivity contribution < 1.29 is 9.72 Å². The zero-order valence-electron chi connectivity index (χ0n) is 14.1. The van der Waals surface area contributed by atoms with E-state index in [4.69, 9.17) is 0 Å². The molecule has 0 spiro atoms. The Morgan fingerprint density at radius 1 is 1.16 bits per heavy atom. The highest BCUT2D eigenvalue weighted by Gasteiger charge is 2.47. The molecule has 0 radical (unpaired) electrons. The molecule has 0 unspecified atom stereocenters. The minimum Gasteiger partial charge on any atom is -0.354 e. The summed E-state index contributed by atoms with van der Waals surface area (Å²) in [7, 11) is 0. The molecule has 4 aliphatic carbocycles. The van der Waals surface area contributed by atoms with Crippen LogP contribution in [-0.2, 0) is 11.3 Å². The van der Waals surface area contributed by atoms with Crippen molar-refractivity contribution in [2.24, 2.45) is 29.6 Å². The number of hydrogen-bond donors (Lipinski definition) is 1. The minimum atomic E-state index is -0.567. The molecule has 7 nitrogen and oxygen atoms in total. The van der Waals surface area contributed by atoms with Gasteiger partial charge in [0.15, 0.2) is 0 Å². The standard InChI is InChI=1S/C18H23N3O4/c22-17(10-20-9-15(21(24)25)1-2-18(20)23)19-8-16-13-4-11-3-12(6-13)7-14(16)5-11/h1-2,9,11-14,16H,3-8,10H2,(H,19,22). The maximum Gasteiger partial charge on any atom is 0.285 e. The van der Waals surface area contributed by atoms with Crippen LogP contribution in [-0.4, -0.2) is 21.9 Å². The summed E-state index contributed by atoms with van der Waals surface area (Å²) in [5.41, 5.74) is -0.594. The zero-order chi connectivity index (χ0) is 17.6. The first-order chi connectivity index (χ1) is 12.0. The van der Waals surface area contributed by atoms with Gasteiger partial charge in [-0.15, -0.1) is 0 Å². The molecule has 1 aromatic rings. The molecule has 7 heteroatoms. The van der Waals surface area contributed by atoms with E-state index in [0.717, 1.165) is 46.6 Å². The zero-order valence-corrected chi connectivity index (χ0v) is 14.1. The highest BCUT2D eigenvalue weighted by Crippen LogP contribution is 2.56. The van der Waals surface area contributed by atoms with E-state index in [1.807, 2.05) is 0 Å². The lowest BCUT2D eigenvalue weighted by Crippen LogP contribution is -2.49. The lowest BCUT2D eigenvalue weighted by Gasteiger charge is -2.54. The predicted molar refractivity (Wildman–Crippen MR) is 90.9 cm³/mol. The van der Waals surface area contributed by atoms with E-state index in [2.05, 4.69) is 5.32 Å². The van der Waals surface area contributed by atoms with E-state index in [1.54, 1.807) is 0 Å². The van der Waals surface area contributed by atoms with E-state index >= 15 is 0 Å². The number of amides is 1. The van der Waals surface area contributed by atoms with Gasteiger partial charge in [-0.05, 0) is 61.7 Å². The van der Waals surface area contributed by atoms with Crippen molar-refractivity contribution in [3.05, 3.63) is 38.8 Å². The third-order valence-electron chi connectivity index (χ3n) is 6.45. The van der Waals surface area contributed by atoms with Crippen LogP contribution in [0, 0.1) is 39.7 Å². The molecule has 0 aromatic carbocycles. The molecular weight excluding hydrogens is 322 g/mol. The van der Waals surface area contributed by atoms with Crippen LogP contribution in [0.5, 0.6) is 0 Å². The van der Waals surface area contributed by atoms with Gasteiger partial charge >= 0.3 is 0 Å². The predicted octanol–water partition coefficient (Wildman–Crippen LogP) is 1.94. The number of rotatable bonds is 5. The average Bonchev–Trinajstić information content (AvgIpc) is 2.55. The summed E-state index contributed by atoms with van der Waals surface area (Å²) in [6.07, 6.45) is 7.75. The minimum absolute atomic E-state index is 0.173. The van der Waals surface area contributed by atoms with Gasteiger partial charge in [-0.1, -0.05) is 0 Å². The van der Waals surface area contributed by atoms with Crippen LogP contribution < -0.4 is 10.9 Å². The van der Waals surface area contributed by atoms with Crippen molar-refractivity contribution in [3.63, 3.8) is 0 Å². The van der Waals surface area contributed by atoms with Gasteiger partial charge in [0.05, 0.1) is 11.1 Å². The topological polar surface area (TPSA) is 94.2 Å². The van der Waals surface area contributed by atoms with Crippen LogP contribution in [0.4, 0.5) is 5.69 Å². The van der Waals surface area contributed by atoms with Gasteiger partial charge in [0.25, 0.3) is 11.2 Å². The molecule has 134 valence electrons. The Balaban J connectivity index is 1.36. The summed E-state index contributed by atoms with van der Waals surface area (Å²) in [6.45, 7) is 0.491. The Kier molecular flexibility index (Phi) is 4.09. The van der Waals surface area contributed by atoms with Gasteiger partial charge in [0.2, 0.25) is 5.91 Å². The number of nitro groups is 1. The van der Waals surface area contributed by atoms with E-state index in [9.17, 15) is 19.7 Å². The number of pyridine rings is 1. The van der Waals surface area contributed by atoms with Crippen LogP contribution in [0.1, 0.15) is 32.1 Å². The first kappa shape index (κ1) is 16.3. The molecule has 4 fully saturated rings. The second kappa shape index (κ2) is 6.28. The van der Waals surface area contributed by atoms with Gasteiger partial charge in [-0.3, -0.25) is 24.3 Å². The van der Waals surface area contributed by atoms with Gasteiger partial charge < -0.3 is 5.32 Å². The first-order valence-electron chi connectivity index (χ1n) is 9.11. The lowest BCUT2D eigenvalue weighted by molar-refractivity contribution is -0.385. The van der Waals surface area contributed by atoms with Crippen LogP contribution in [0.3, 0.4) is 0 Å². The van der Waals surface area contributed by atoms with E-state index < -0.39 is 10.5 Å². The van der Waals surface area contributed by atoms with Crippen LogP contribution in [0.2, 0.25) is 0 Å². The second-order valence-corrected chi connectivity index (χ2v) is 8.01. The molecule has 0 atom stereocenters. The number of nitrogens with zero attached hydrogens (tertiary/aromatic N) is 2. The van der Waals surface area contributed by atoms with Crippen molar-refractivity contribution in [3.8, 4) is 0 Å². The van der Waals surface area contributed by atoms with E-state index in [1.165, 1.54) is 32.1 Å². The second-order valence-electron chi connectivity index (χ2n) is 8.01. The fourth-order valence-corrected chi connectivity index (χ4v) is 5.56. The molecule has 1 aromatic heterocycles. The smallest absolute Gasteiger partial charge is 0.285 e. The molecule has 25 heavy (non-hydrogen) atoms. The first-order valence-corrected chi connectivity index (χ1v) is 9.11. The van der Waals surface area contributed by atoms with Gasteiger partial charge in [0.1, 0.15) is 6.54 Å². The summed E-state index contributed by atoms with van der Waals surface area (Å²) >= 11 is 0. The average molecular weight is 345 g/mol. The number of nitrogens with one attached hydrogen (secondary N) is 1. The number of carbonyl (C=O) groups is 1. The van der Waals surface area contributed by atoms with Gasteiger partial charge in [-0.25, -0.2) is 0 Å². The molecule has 4 aliphatic rings. The third kappa shape index (κ3) is 3.19. The van der Waals surface area contributed by atoms with E-state index in [-0.39, 0.29) is 18.1 Å². The van der Waals surface area contributed by atoms with Gasteiger partial charge in [-0.2, -0.15) is 0 Å². The van der Waals surface area contributed by atoms with Crippen molar-refractivity contribution in [2.75, 3.05) is 6.54 Å². The molecule has 4 saturated carbocycles. The molecule has 4 bridgehead atoms. The SMILES string of the molecule is O=C(Cn1cc([N+](=O)[O-])ccc1=O)NCC1C2CC3CC(C2)CC1C3. The Hall–Kier alpha value is -2.18.